The van der Waals surface area contributed by atoms with E-state index in [-0.39, 0.29) is 18.9 Å². The monoisotopic (exact) mass is 392 g/mol. The highest BCUT2D eigenvalue weighted by Gasteiger charge is 2.66. The summed E-state index contributed by atoms with van der Waals surface area (Å²) < 4.78 is 11.0. The third kappa shape index (κ3) is 3.40. The number of thioether (sulfide) groups is 1. The average molecular weight is 392 g/mol. The molecule has 0 radical (unpaired) electrons. The Morgan fingerprint density at radius 2 is 2.07 bits per heavy atom. The number of amides is 2. The number of carboxylic acid groups (broad SMARTS) is 1. The van der Waals surface area contributed by atoms with Gasteiger partial charge in [-0.3, -0.25) is 14.5 Å². The van der Waals surface area contributed by atoms with Gasteiger partial charge in [-0.2, -0.15) is 0 Å². The lowest BCUT2D eigenvalue weighted by Gasteiger charge is -2.56. The van der Waals surface area contributed by atoms with E-state index in [0.717, 1.165) is 0 Å². The van der Waals surface area contributed by atoms with Crippen molar-refractivity contribution in [3.8, 4) is 5.75 Å². The second-order valence-corrected chi connectivity index (χ2v) is 7.16. The van der Waals surface area contributed by atoms with Crippen LogP contribution in [0.5, 0.6) is 5.75 Å². The number of benzene rings is 1. The molecule has 0 bridgehead atoms. The van der Waals surface area contributed by atoms with Crippen LogP contribution in [0.2, 0.25) is 0 Å². The maximum Gasteiger partial charge on any atom is 0.352 e. The molecule has 1 saturated heterocycles. The van der Waals surface area contributed by atoms with Crippen molar-refractivity contribution in [1.82, 2.24) is 10.2 Å². The predicted molar refractivity (Wildman–Crippen MR) is 97.9 cm³/mol. The molecule has 1 fully saturated rings. The average Bonchev–Trinajstić information content (AvgIpc) is 2.66. The molecule has 0 aliphatic carbocycles. The molecule has 2 aliphatic rings. The van der Waals surface area contributed by atoms with Crippen molar-refractivity contribution in [2.45, 2.75) is 24.9 Å². The third-order valence-electron chi connectivity index (χ3n) is 4.23. The summed E-state index contributed by atoms with van der Waals surface area (Å²) in [6.45, 7) is 3.27. The molecule has 2 heterocycles. The fourth-order valence-corrected chi connectivity index (χ4v) is 4.46. The second-order valence-electron chi connectivity index (χ2n) is 6.09. The molecule has 2 aliphatic heterocycles. The first-order chi connectivity index (χ1) is 12.9. The molecular formula is C18H20N2O6S. The normalized spacial score (nSPS) is 24.1. The van der Waals surface area contributed by atoms with Crippen LogP contribution < -0.4 is 10.1 Å². The quantitative estimate of drug-likeness (QED) is 0.530. The summed E-state index contributed by atoms with van der Waals surface area (Å²) >= 11 is 1.35. The number of β-lactam (4-membered cyclic amide) rings is 1. The zero-order valence-electron chi connectivity index (χ0n) is 14.9. The molecule has 144 valence electrons. The Morgan fingerprint density at radius 1 is 1.37 bits per heavy atom. The lowest BCUT2D eigenvalue weighted by atomic mass is 9.98. The van der Waals surface area contributed by atoms with Gasteiger partial charge in [0.15, 0.2) is 6.61 Å². The van der Waals surface area contributed by atoms with Crippen LogP contribution in [0.25, 0.3) is 0 Å². The topological polar surface area (TPSA) is 105 Å². The van der Waals surface area contributed by atoms with Crippen LogP contribution in [-0.4, -0.2) is 57.9 Å². The minimum atomic E-state index is -1.59. The summed E-state index contributed by atoms with van der Waals surface area (Å²) in [5.41, 5.74) is -1.03. The molecule has 3 rings (SSSR count). The van der Waals surface area contributed by atoms with Gasteiger partial charge in [-0.1, -0.05) is 18.2 Å². The lowest BCUT2D eigenvalue weighted by molar-refractivity contribution is -0.197. The molecule has 8 nitrogen and oxygen atoms in total. The van der Waals surface area contributed by atoms with E-state index < -0.39 is 28.9 Å². The van der Waals surface area contributed by atoms with Crippen LogP contribution in [0.4, 0.5) is 0 Å². The molecule has 2 atom stereocenters. The van der Waals surface area contributed by atoms with E-state index in [9.17, 15) is 19.5 Å². The van der Waals surface area contributed by atoms with E-state index in [1.54, 1.807) is 38.1 Å². The van der Waals surface area contributed by atoms with E-state index in [4.69, 9.17) is 9.47 Å². The molecule has 27 heavy (non-hydrogen) atoms. The van der Waals surface area contributed by atoms with Crippen LogP contribution in [0.3, 0.4) is 0 Å². The molecule has 2 N–H and O–H groups in total. The molecular weight excluding hydrogens is 372 g/mol. The molecule has 9 heteroatoms. The zero-order valence-corrected chi connectivity index (χ0v) is 15.7. The molecule has 2 unspecified atom stereocenters. The highest BCUT2D eigenvalue weighted by atomic mass is 32.2. The summed E-state index contributed by atoms with van der Waals surface area (Å²) in [5.74, 6) is -1.33. The van der Waals surface area contributed by atoms with Gasteiger partial charge >= 0.3 is 5.97 Å². The smallest absolute Gasteiger partial charge is 0.352 e. The van der Waals surface area contributed by atoms with E-state index >= 15 is 0 Å². The second kappa shape index (κ2) is 7.61. The minimum absolute atomic E-state index is 0.0473. The Balaban J connectivity index is 1.74. The van der Waals surface area contributed by atoms with Gasteiger partial charge in [0.25, 0.3) is 17.5 Å². The number of hydrogen-bond acceptors (Lipinski definition) is 6. The van der Waals surface area contributed by atoms with Crippen LogP contribution in [-0.2, 0) is 19.1 Å². The Kier molecular flexibility index (Phi) is 5.43. The van der Waals surface area contributed by atoms with Crippen LogP contribution >= 0.6 is 11.8 Å². The molecule has 2 amide bonds. The summed E-state index contributed by atoms with van der Waals surface area (Å²) in [7, 11) is 0. The van der Waals surface area contributed by atoms with Crippen LogP contribution in [0.15, 0.2) is 41.6 Å². The van der Waals surface area contributed by atoms with Crippen LogP contribution in [0, 0.1) is 0 Å². The van der Waals surface area contributed by atoms with E-state index in [1.165, 1.54) is 16.7 Å². The molecule has 1 aromatic carbocycles. The largest absolute Gasteiger partial charge is 0.484 e. The van der Waals surface area contributed by atoms with E-state index in [1.807, 2.05) is 6.07 Å². The van der Waals surface area contributed by atoms with Gasteiger partial charge in [0, 0.05) is 12.4 Å². The van der Waals surface area contributed by atoms with E-state index in [0.29, 0.717) is 17.1 Å². The highest BCUT2D eigenvalue weighted by Crippen LogP contribution is 2.46. The Hall–Kier alpha value is -2.52. The minimum Gasteiger partial charge on any atom is -0.484 e. The van der Waals surface area contributed by atoms with Crippen molar-refractivity contribution < 1.29 is 29.0 Å². The fraction of sp³-hybridized carbons (Fsp3) is 0.389. The Bertz CT molecular complexity index is 796. The van der Waals surface area contributed by atoms with Crippen molar-refractivity contribution in [1.29, 1.82) is 0 Å². The molecule has 0 saturated carbocycles. The molecule has 0 spiro atoms. The first kappa shape index (κ1) is 19.2. The number of fused-ring (bicyclic) bond motifs is 1. The number of nitrogens with zero attached hydrogens (tertiary/aromatic N) is 1. The van der Waals surface area contributed by atoms with Crippen molar-refractivity contribution in [2.75, 3.05) is 19.0 Å². The summed E-state index contributed by atoms with van der Waals surface area (Å²) in [6.07, 6.45) is 0. The number of carboxylic acids is 1. The third-order valence-corrected chi connectivity index (χ3v) is 5.69. The first-order valence-corrected chi connectivity index (χ1v) is 9.46. The summed E-state index contributed by atoms with van der Waals surface area (Å²) in [6, 6.07) is 8.82. The number of rotatable bonds is 7. The number of carbonyl (C=O) groups excluding carboxylic acids is 2. The lowest BCUT2D eigenvalue weighted by Crippen LogP contribution is -2.81. The Labute approximate surface area is 160 Å². The van der Waals surface area contributed by atoms with Gasteiger partial charge in [-0.25, -0.2) is 4.79 Å². The van der Waals surface area contributed by atoms with Crippen LogP contribution in [0.1, 0.15) is 13.8 Å². The predicted octanol–water partition coefficient (Wildman–Crippen LogP) is 1.19. The first-order valence-electron chi connectivity index (χ1n) is 8.41. The number of carbonyl (C=O) groups is 3. The summed E-state index contributed by atoms with van der Waals surface area (Å²) in [4.78, 5) is 37.9. The number of para-hydroxylation sites is 1. The highest BCUT2D eigenvalue weighted by molar-refractivity contribution is 8.00. The SMILES string of the molecule is CCOC1(NC(=O)COc2ccccc2)C(=O)N2C(C(=O)O)=C(C)CSC21. The standard InChI is InChI=1S/C18H20N2O6S/c1-3-26-18(19-13(21)9-25-12-7-5-4-6-8-12)16(24)20-14(15(22)23)11(2)10-27-17(18)20/h4-8,17H,3,9-10H2,1-2H3,(H,19,21)(H,22,23). The van der Waals surface area contributed by atoms with Crippen molar-refractivity contribution in [2.24, 2.45) is 0 Å². The number of hydrogen-bond donors (Lipinski definition) is 2. The van der Waals surface area contributed by atoms with Gasteiger partial charge in [-0.15, -0.1) is 11.8 Å². The fourth-order valence-electron chi connectivity index (χ4n) is 3.10. The van der Waals surface area contributed by atoms with Crippen molar-refractivity contribution in [3.63, 3.8) is 0 Å². The van der Waals surface area contributed by atoms with Gasteiger partial charge in [0.1, 0.15) is 16.8 Å². The van der Waals surface area contributed by atoms with Gasteiger partial charge in [-0.05, 0) is 31.6 Å². The van der Waals surface area contributed by atoms with Crippen molar-refractivity contribution >= 4 is 29.5 Å². The zero-order chi connectivity index (χ0) is 19.6. The molecule has 0 aromatic heterocycles. The number of nitrogens with one attached hydrogen (secondary N) is 1. The number of aliphatic carboxylic acids is 1. The maximum atomic E-state index is 12.8. The van der Waals surface area contributed by atoms with E-state index in [2.05, 4.69) is 5.32 Å². The van der Waals surface area contributed by atoms with Gasteiger partial charge in [0.2, 0.25) is 0 Å². The number of ether oxygens (including phenoxy) is 2. The van der Waals surface area contributed by atoms with Gasteiger partial charge in [0.05, 0.1) is 0 Å². The molecule has 1 aromatic rings. The maximum absolute atomic E-state index is 12.8. The summed E-state index contributed by atoms with van der Waals surface area (Å²) in [5, 5.41) is 11.4. The van der Waals surface area contributed by atoms with Gasteiger partial charge < -0.3 is 19.9 Å². The Morgan fingerprint density at radius 3 is 2.70 bits per heavy atom. The van der Waals surface area contributed by atoms with Crippen molar-refractivity contribution in [3.05, 3.63) is 41.6 Å².